The van der Waals surface area contributed by atoms with E-state index in [0.717, 1.165) is 28.6 Å². The van der Waals surface area contributed by atoms with Gasteiger partial charge in [0.05, 0.1) is 18.0 Å². The van der Waals surface area contributed by atoms with Gasteiger partial charge in [-0.1, -0.05) is 29.8 Å². The summed E-state index contributed by atoms with van der Waals surface area (Å²) in [5, 5.41) is 8.48. The number of fused-ring (bicyclic) bond motifs is 1. The Morgan fingerprint density at radius 3 is 2.77 bits per heavy atom. The van der Waals surface area contributed by atoms with Gasteiger partial charge in [-0.15, -0.1) is 0 Å². The molecule has 0 unspecified atom stereocenters. The number of hydrogen-bond acceptors (Lipinski definition) is 6. The zero-order valence-corrected chi connectivity index (χ0v) is 17.1. The highest BCUT2D eigenvalue weighted by Gasteiger charge is 2.25. The molecule has 0 aliphatic carbocycles. The van der Waals surface area contributed by atoms with Crippen LogP contribution in [0.25, 0.3) is 22.3 Å². The van der Waals surface area contributed by atoms with E-state index in [1.807, 2.05) is 54.1 Å². The number of aryl methyl sites for hydroxylation is 1. The molecule has 0 saturated carbocycles. The van der Waals surface area contributed by atoms with Crippen LogP contribution in [0.3, 0.4) is 0 Å². The van der Waals surface area contributed by atoms with Crippen molar-refractivity contribution in [2.75, 3.05) is 24.3 Å². The number of nitrogens with one attached hydrogen (secondary N) is 1. The largest absolute Gasteiger partial charge is 0.383 e. The lowest BCUT2D eigenvalue weighted by Gasteiger charge is -2.08. The van der Waals surface area contributed by atoms with Gasteiger partial charge in [0.1, 0.15) is 17.8 Å². The standard InChI is InChI=1S/C23H22N6O2/c1-14-3-2-4-16(11-14)23(30)27-17-7-5-15(6-8-17)20-19-21(24)25-13-26-22(19)29(28-20)18-9-10-31-12-18/h2-8,11,13,18H,9-10,12H2,1H3,(H,27,30)(H2,24,25,26)/t18-/m0/s1. The first-order chi connectivity index (χ1) is 15.1. The van der Waals surface area contributed by atoms with Crippen molar-refractivity contribution in [3.8, 4) is 11.3 Å². The fraction of sp³-hybridized carbons (Fsp3) is 0.217. The van der Waals surface area contributed by atoms with E-state index in [0.29, 0.717) is 35.9 Å². The number of nitrogen functional groups attached to an aromatic ring is 1. The first-order valence-electron chi connectivity index (χ1n) is 10.1. The number of benzene rings is 2. The van der Waals surface area contributed by atoms with Crippen LogP contribution in [0.1, 0.15) is 28.4 Å². The Morgan fingerprint density at radius 1 is 1.19 bits per heavy atom. The lowest BCUT2D eigenvalue weighted by molar-refractivity contribution is 0.102. The quantitative estimate of drug-likeness (QED) is 0.528. The van der Waals surface area contributed by atoms with Crippen LogP contribution < -0.4 is 11.1 Å². The van der Waals surface area contributed by atoms with Crippen LogP contribution in [0.2, 0.25) is 0 Å². The van der Waals surface area contributed by atoms with E-state index < -0.39 is 0 Å². The Labute approximate surface area is 179 Å². The second-order valence-corrected chi connectivity index (χ2v) is 7.67. The molecule has 1 atom stereocenters. The van der Waals surface area contributed by atoms with Crippen molar-refractivity contribution >= 4 is 28.4 Å². The zero-order chi connectivity index (χ0) is 21.4. The molecule has 0 bridgehead atoms. The third kappa shape index (κ3) is 3.62. The van der Waals surface area contributed by atoms with Crippen molar-refractivity contribution in [1.29, 1.82) is 0 Å². The van der Waals surface area contributed by atoms with E-state index in [1.54, 1.807) is 6.07 Å². The van der Waals surface area contributed by atoms with Crippen molar-refractivity contribution in [2.24, 2.45) is 0 Å². The van der Waals surface area contributed by atoms with Gasteiger partial charge >= 0.3 is 0 Å². The van der Waals surface area contributed by atoms with Gasteiger partial charge in [0, 0.05) is 23.4 Å². The molecule has 1 fully saturated rings. The number of aromatic nitrogens is 4. The van der Waals surface area contributed by atoms with Crippen molar-refractivity contribution in [3.05, 3.63) is 66.0 Å². The predicted octanol–water partition coefficient (Wildman–Crippen LogP) is 3.60. The summed E-state index contributed by atoms with van der Waals surface area (Å²) in [6, 6.07) is 15.1. The number of ether oxygens (including phenoxy) is 1. The molecule has 31 heavy (non-hydrogen) atoms. The fourth-order valence-corrected chi connectivity index (χ4v) is 3.87. The number of amides is 1. The number of nitrogens with zero attached hydrogens (tertiary/aromatic N) is 4. The monoisotopic (exact) mass is 414 g/mol. The molecule has 8 nitrogen and oxygen atoms in total. The van der Waals surface area contributed by atoms with E-state index in [2.05, 4.69) is 15.3 Å². The van der Waals surface area contributed by atoms with Crippen LogP contribution in [0.15, 0.2) is 54.9 Å². The van der Waals surface area contributed by atoms with Gasteiger partial charge in [-0.25, -0.2) is 14.6 Å². The topological polar surface area (TPSA) is 108 Å². The normalized spacial score (nSPS) is 16.0. The van der Waals surface area contributed by atoms with Crippen molar-refractivity contribution in [1.82, 2.24) is 19.7 Å². The van der Waals surface area contributed by atoms with Gasteiger partial charge < -0.3 is 15.8 Å². The van der Waals surface area contributed by atoms with Gasteiger partial charge in [0.15, 0.2) is 5.65 Å². The molecule has 5 rings (SSSR count). The molecular weight excluding hydrogens is 392 g/mol. The molecule has 0 radical (unpaired) electrons. The minimum Gasteiger partial charge on any atom is -0.383 e. The molecule has 1 amide bonds. The van der Waals surface area contributed by atoms with Crippen molar-refractivity contribution < 1.29 is 9.53 Å². The minimum absolute atomic E-state index is 0.124. The maximum Gasteiger partial charge on any atom is 0.255 e. The summed E-state index contributed by atoms with van der Waals surface area (Å²) >= 11 is 0. The van der Waals surface area contributed by atoms with Crippen LogP contribution in [0.5, 0.6) is 0 Å². The van der Waals surface area contributed by atoms with E-state index >= 15 is 0 Å². The summed E-state index contributed by atoms with van der Waals surface area (Å²) in [7, 11) is 0. The van der Waals surface area contributed by atoms with Gasteiger partial charge in [0.2, 0.25) is 0 Å². The predicted molar refractivity (Wildman–Crippen MR) is 119 cm³/mol. The Balaban J connectivity index is 1.46. The Bertz CT molecular complexity index is 1260. The highest BCUT2D eigenvalue weighted by molar-refractivity contribution is 6.04. The molecule has 3 N–H and O–H groups in total. The maximum absolute atomic E-state index is 12.5. The lowest BCUT2D eigenvalue weighted by atomic mass is 10.1. The van der Waals surface area contributed by atoms with Gasteiger partial charge in [-0.3, -0.25) is 4.79 Å². The molecule has 8 heteroatoms. The molecule has 0 spiro atoms. The third-order valence-corrected chi connectivity index (χ3v) is 5.47. The van der Waals surface area contributed by atoms with E-state index in [9.17, 15) is 4.79 Å². The number of hydrogen-bond donors (Lipinski definition) is 2. The fourth-order valence-electron chi connectivity index (χ4n) is 3.87. The number of anilines is 2. The summed E-state index contributed by atoms with van der Waals surface area (Å²) in [6.45, 7) is 3.27. The second-order valence-electron chi connectivity index (χ2n) is 7.67. The molecule has 3 heterocycles. The van der Waals surface area contributed by atoms with Crippen LogP contribution >= 0.6 is 0 Å². The first kappa shape index (κ1) is 19.2. The van der Waals surface area contributed by atoms with Crippen LogP contribution in [-0.2, 0) is 4.74 Å². The van der Waals surface area contributed by atoms with E-state index in [1.165, 1.54) is 6.33 Å². The molecule has 1 aliphatic rings. The average molecular weight is 414 g/mol. The summed E-state index contributed by atoms with van der Waals surface area (Å²) in [6.07, 6.45) is 2.34. The summed E-state index contributed by atoms with van der Waals surface area (Å²) in [5.41, 5.74) is 10.8. The van der Waals surface area contributed by atoms with E-state index in [-0.39, 0.29) is 11.9 Å². The molecule has 2 aromatic carbocycles. The van der Waals surface area contributed by atoms with Gasteiger partial charge in [-0.05, 0) is 37.6 Å². The average Bonchev–Trinajstić information content (AvgIpc) is 3.43. The minimum atomic E-state index is -0.148. The van der Waals surface area contributed by atoms with Crippen molar-refractivity contribution in [3.63, 3.8) is 0 Å². The summed E-state index contributed by atoms with van der Waals surface area (Å²) in [5.74, 6) is 0.243. The Kier molecular flexibility index (Phi) is 4.83. The second kappa shape index (κ2) is 7.81. The highest BCUT2D eigenvalue weighted by atomic mass is 16.5. The third-order valence-electron chi connectivity index (χ3n) is 5.47. The highest BCUT2D eigenvalue weighted by Crippen LogP contribution is 2.33. The molecule has 2 aromatic heterocycles. The smallest absolute Gasteiger partial charge is 0.255 e. The number of carbonyl (C=O) groups excluding carboxylic acids is 1. The Hall–Kier alpha value is -3.78. The van der Waals surface area contributed by atoms with Gasteiger partial charge in [0.25, 0.3) is 5.91 Å². The Morgan fingerprint density at radius 2 is 2.03 bits per heavy atom. The van der Waals surface area contributed by atoms with Crippen LogP contribution in [0.4, 0.5) is 11.5 Å². The number of carbonyl (C=O) groups is 1. The molecule has 1 saturated heterocycles. The molecular formula is C23H22N6O2. The van der Waals surface area contributed by atoms with Crippen LogP contribution in [-0.4, -0.2) is 38.9 Å². The lowest BCUT2D eigenvalue weighted by Crippen LogP contribution is -2.11. The molecule has 156 valence electrons. The summed E-state index contributed by atoms with van der Waals surface area (Å²) in [4.78, 5) is 21.1. The maximum atomic E-state index is 12.5. The van der Waals surface area contributed by atoms with Crippen LogP contribution in [0, 0.1) is 6.92 Å². The molecule has 1 aliphatic heterocycles. The first-order valence-corrected chi connectivity index (χ1v) is 10.1. The summed E-state index contributed by atoms with van der Waals surface area (Å²) < 4.78 is 7.42. The number of rotatable bonds is 4. The molecule has 4 aromatic rings. The van der Waals surface area contributed by atoms with Crippen molar-refractivity contribution in [2.45, 2.75) is 19.4 Å². The SMILES string of the molecule is Cc1cccc(C(=O)Nc2ccc(-c3nn([C@H]4CCOC4)c4ncnc(N)c34)cc2)c1. The number of nitrogens with two attached hydrogens (primary N) is 1. The van der Waals surface area contributed by atoms with E-state index in [4.69, 9.17) is 15.6 Å². The zero-order valence-electron chi connectivity index (χ0n) is 17.1. The van der Waals surface area contributed by atoms with Gasteiger partial charge in [-0.2, -0.15) is 5.10 Å².